The Morgan fingerprint density at radius 1 is 1.64 bits per heavy atom. The summed E-state index contributed by atoms with van der Waals surface area (Å²) in [4.78, 5) is 10.4. The lowest BCUT2D eigenvalue weighted by atomic mass is 9.92. The van der Waals surface area contributed by atoms with E-state index in [4.69, 9.17) is 5.11 Å². The largest absolute Gasteiger partial charge is 0.479 e. The molecular weight excluding hydrogens is 147 g/mol. The van der Waals surface area contributed by atoms with Gasteiger partial charge in [0.1, 0.15) is 0 Å². The van der Waals surface area contributed by atoms with Crippen LogP contribution >= 0.6 is 0 Å². The molecule has 0 bridgehead atoms. The van der Waals surface area contributed by atoms with Crippen LogP contribution in [0.25, 0.3) is 0 Å². The van der Waals surface area contributed by atoms with E-state index in [2.05, 4.69) is 0 Å². The van der Waals surface area contributed by atoms with Gasteiger partial charge in [0.2, 0.25) is 5.67 Å². The summed E-state index contributed by atoms with van der Waals surface area (Å²) in [5.74, 6) is -1.26. The Hall–Kier alpha value is -0.600. The molecule has 11 heavy (non-hydrogen) atoms. The number of hydrogen-bond donors (Lipinski definition) is 1. The number of hydrogen-bond acceptors (Lipinski definition) is 1. The van der Waals surface area contributed by atoms with Crippen molar-refractivity contribution in [3.05, 3.63) is 0 Å². The number of halogens is 1. The van der Waals surface area contributed by atoms with Gasteiger partial charge in [-0.25, -0.2) is 9.18 Å². The molecule has 0 aromatic heterocycles. The lowest BCUT2D eigenvalue weighted by Crippen LogP contribution is -2.34. The summed E-state index contributed by atoms with van der Waals surface area (Å²) in [5, 5.41) is 8.51. The Balaban J connectivity index is 4.22. The fourth-order valence-corrected chi connectivity index (χ4v) is 1.03. The standard InChI is InChI=1S/C8H15FO2/c1-4-8(9,7(10)11)5-6(2)3/h6H,4-5H2,1-3H3,(H,10,11). The minimum Gasteiger partial charge on any atom is -0.479 e. The van der Waals surface area contributed by atoms with Crippen LogP contribution in [-0.2, 0) is 4.79 Å². The van der Waals surface area contributed by atoms with Crippen LogP contribution in [0.1, 0.15) is 33.6 Å². The Bertz CT molecular complexity index is 145. The third-order valence-corrected chi connectivity index (χ3v) is 1.68. The molecule has 2 nitrogen and oxygen atoms in total. The van der Waals surface area contributed by atoms with E-state index >= 15 is 0 Å². The van der Waals surface area contributed by atoms with Crippen LogP contribution in [0, 0.1) is 5.92 Å². The van der Waals surface area contributed by atoms with Crippen molar-refractivity contribution in [3.63, 3.8) is 0 Å². The molecule has 0 saturated heterocycles. The summed E-state index contributed by atoms with van der Waals surface area (Å²) in [7, 11) is 0. The zero-order valence-corrected chi connectivity index (χ0v) is 7.22. The Morgan fingerprint density at radius 3 is 2.18 bits per heavy atom. The van der Waals surface area contributed by atoms with Gasteiger partial charge in [0.05, 0.1) is 0 Å². The second kappa shape index (κ2) is 3.69. The lowest BCUT2D eigenvalue weighted by molar-refractivity contribution is -0.152. The normalized spacial score (nSPS) is 16.5. The van der Waals surface area contributed by atoms with E-state index in [0.29, 0.717) is 0 Å². The Morgan fingerprint density at radius 2 is 2.09 bits per heavy atom. The predicted molar refractivity (Wildman–Crippen MR) is 41.2 cm³/mol. The van der Waals surface area contributed by atoms with E-state index in [1.807, 2.05) is 13.8 Å². The van der Waals surface area contributed by atoms with Crippen molar-refractivity contribution in [1.82, 2.24) is 0 Å². The van der Waals surface area contributed by atoms with E-state index in [1.165, 1.54) is 0 Å². The first kappa shape index (κ1) is 10.4. The molecule has 1 unspecified atom stereocenters. The Kier molecular flexibility index (Phi) is 3.49. The topological polar surface area (TPSA) is 37.3 Å². The van der Waals surface area contributed by atoms with Crippen LogP contribution in [0.4, 0.5) is 4.39 Å². The van der Waals surface area contributed by atoms with Crippen LogP contribution in [0.15, 0.2) is 0 Å². The van der Waals surface area contributed by atoms with Gasteiger partial charge in [-0.05, 0) is 18.8 Å². The molecule has 1 N–H and O–H groups in total. The van der Waals surface area contributed by atoms with Crippen LogP contribution in [0.5, 0.6) is 0 Å². The van der Waals surface area contributed by atoms with Gasteiger partial charge in [0.15, 0.2) is 0 Å². The molecule has 0 spiro atoms. The van der Waals surface area contributed by atoms with Gasteiger partial charge >= 0.3 is 5.97 Å². The average Bonchev–Trinajstić information content (AvgIpc) is 1.86. The van der Waals surface area contributed by atoms with Gasteiger partial charge in [-0.3, -0.25) is 0 Å². The second-order valence-electron chi connectivity index (χ2n) is 3.22. The highest BCUT2D eigenvalue weighted by Crippen LogP contribution is 2.25. The maximum absolute atomic E-state index is 13.3. The average molecular weight is 162 g/mol. The summed E-state index contributed by atoms with van der Waals surface area (Å²) in [6.45, 7) is 5.18. The summed E-state index contributed by atoms with van der Waals surface area (Å²) < 4.78 is 13.3. The zero-order valence-electron chi connectivity index (χ0n) is 7.22. The summed E-state index contributed by atoms with van der Waals surface area (Å²) in [5.41, 5.74) is -2.02. The van der Waals surface area contributed by atoms with E-state index in [1.54, 1.807) is 6.92 Å². The first-order valence-corrected chi connectivity index (χ1v) is 3.84. The molecule has 0 radical (unpaired) electrons. The van der Waals surface area contributed by atoms with Crippen LogP contribution in [0.2, 0.25) is 0 Å². The molecular formula is C8H15FO2. The smallest absolute Gasteiger partial charge is 0.341 e. The van der Waals surface area contributed by atoms with Crippen LogP contribution in [-0.4, -0.2) is 16.7 Å². The number of rotatable bonds is 4. The minimum atomic E-state index is -2.02. The van der Waals surface area contributed by atoms with Crippen molar-refractivity contribution in [2.24, 2.45) is 5.92 Å². The van der Waals surface area contributed by atoms with Gasteiger partial charge in [-0.1, -0.05) is 20.8 Å². The maximum Gasteiger partial charge on any atom is 0.341 e. The molecule has 66 valence electrons. The maximum atomic E-state index is 13.3. The number of carbonyl (C=O) groups is 1. The summed E-state index contributed by atoms with van der Waals surface area (Å²) in [6, 6.07) is 0. The number of aliphatic carboxylic acids is 1. The monoisotopic (exact) mass is 162 g/mol. The van der Waals surface area contributed by atoms with E-state index in [9.17, 15) is 9.18 Å². The molecule has 0 heterocycles. The molecule has 0 aliphatic rings. The predicted octanol–water partition coefficient (Wildman–Crippen LogP) is 2.24. The fraction of sp³-hybridized carbons (Fsp3) is 0.875. The number of carboxylic acids is 1. The first-order valence-electron chi connectivity index (χ1n) is 3.84. The highest BCUT2D eigenvalue weighted by Gasteiger charge is 2.36. The summed E-state index contributed by atoms with van der Waals surface area (Å²) >= 11 is 0. The molecule has 0 rings (SSSR count). The quantitative estimate of drug-likeness (QED) is 0.688. The van der Waals surface area contributed by atoms with Crippen molar-refractivity contribution in [1.29, 1.82) is 0 Å². The van der Waals surface area contributed by atoms with Gasteiger partial charge in [-0.2, -0.15) is 0 Å². The molecule has 0 amide bonds. The molecule has 0 saturated carbocycles. The molecule has 0 aliphatic carbocycles. The van der Waals surface area contributed by atoms with Crippen LogP contribution in [0.3, 0.4) is 0 Å². The molecule has 0 aliphatic heterocycles. The van der Waals surface area contributed by atoms with E-state index in [-0.39, 0.29) is 18.8 Å². The fourth-order valence-electron chi connectivity index (χ4n) is 1.03. The van der Waals surface area contributed by atoms with Gasteiger partial charge in [-0.15, -0.1) is 0 Å². The molecule has 0 aromatic rings. The van der Waals surface area contributed by atoms with Gasteiger partial charge in [0.25, 0.3) is 0 Å². The molecule has 0 aromatic carbocycles. The van der Waals surface area contributed by atoms with Gasteiger partial charge < -0.3 is 5.11 Å². The Labute approximate surface area is 66.4 Å². The van der Waals surface area contributed by atoms with Crippen LogP contribution < -0.4 is 0 Å². The van der Waals surface area contributed by atoms with Crippen molar-refractivity contribution in [3.8, 4) is 0 Å². The number of carboxylic acid groups (broad SMARTS) is 1. The van der Waals surface area contributed by atoms with Crippen molar-refractivity contribution in [2.75, 3.05) is 0 Å². The summed E-state index contributed by atoms with van der Waals surface area (Å²) in [6.07, 6.45) is 0.138. The second-order valence-corrected chi connectivity index (χ2v) is 3.22. The van der Waals surface area contributed by atoms with E-state index in [0.717, 1.165) is 0 Å². The molecule has 3 heteroatoms. The van der Waals surface area contributed by atoms with Gasteiger partial charge in [0, 0.05) is 0 Å². The molecule has 0 fully saturated rings. The highest BCUT2D eigenvalue weighted by molar-refractivity contribution is 5.77. The zero-order chi connectivity index (χ0) is 9.07. The SMILES string of the molecule is CCC(F)(CC(C)C)C(=O)O. The lowest BCUT2D eigenvalue weighted by Gasteiger charge is -2.20. The minimum absolute atomic E-state index is 0.0422. The van der Waals surface area contributed by atoms with Crippen molar-refractivity contribution in [2.45, 2.75) is 39.3 Å². The first-order chi connectivity index (χ1) is 4.92. The van der Waals surface area contributed by atoms with Crippen molar-refractivity contribution < 1.29 is 14.3 Å². The highest BCUT2D eigenvalue weighted by atomic mass is 19.1. The van der Waals surface area contributed by atoms with E-state index < -0.39 is 11.6 Å². The third-order valence-electron chi connectivity index (χ3n) is 1.68. The van der Waals surface area contributed by atoms with Crippen molar-refractivity contribution >= 4 is 5.97 Å². The number of alkyl halides is 1. The molecule has 1 atom stereocenters. The third kappa shape index (κ3) is 2.87.